The Hall–Kier alpha value is -0.860. The van der Waals surface area contributed by atoms with Crippen LogP contribution in [0.15, 0.2) is 0 Å². The maximum absolute atomic E-state index is 10.8. The molecular formula is C7H10O3. The molecule has 56 valence electrons. The zero-order chi connectivity index (χ0) is 7.56. The molecule has 1 aliphatic rings. The average molecular weight is 142 g/mol. The van der Waals surface area contributed by atoms with E-state index < -0.39 is 5.97 Å². The second kappa shape index (κ2) is 2.82. The van der Waals surface area contributed by atoms with Crippen molar-refractivity contribution in [3.8, 4) is 0 Å². The highest BCUT2D eigenvalue weighted by Gasteiger charge is 2.34. The fraction of sp³-hybridized carbons (Fsp3) is 0.714. The van der Waals surface area contributed by atoms with Gasteiger partial charge in [-0.2, -0.15) is 0 Å². The van der Waals surface area contributed by atoms with Crippen LogP contribution in [0.4, 0.5) is 0 Å². The summed E-state index contributed by atoms with van der Waals surface area (Å²) in [6, 6.07) is 0. The van der Waals surface area contributed by atoms with Crippen LogP contribution < -0.4 is 0 Å². The second-order valence-electron chi connectivity index (χ2n) is 2.36. The van der Waals surface area contributed by atoms with Gasteiger partial charge in [0.25, 0.3) is 0 Å². The molecule has 0 aromatic carbocycles. The van der Waals surface area contributed by atoms with E-state index in [9.17, 15) is 9.59 Å². The van der Waals surface area contributed by atoms with Gasteiger partial charge in [-0.15, -0.1) is 0 Å². The van der Waals surface area contributed by atoms with Crippen molar-refractivity contribution < 1.29 is 14.3 Å². The molecule has 10 heavy (non-hydrogen) atoms. The number of ether oxygens (including phenoxy) is 1. The largest absolute Gasteiger partial charge is 0.460 e. The summed E-state index contributed by atoms with van der Waals surface area (Å²) in [6.45, 7) is 1.98. The number of ketones is 1. The molecule has 0 unspecified atom stereocenters. The fourth-order valence-electron chi connectivity index (χ4n) is 0.714. The first kappa shape index (κ1) is 7.25. The standard InChI is InChI=1S/C7H10O3/c1-2-10-7(9)6(8)5-3-4-5/h5H,2-4H2,1H3. The molecular weight excluding hydrogens is 132 g/mol. The van der Waals surface area contributed by atoms with Crippen LogP contribution in [0.1, 0.15) is 19.8 Å². The quantitative estimate of drug-likeness (QED) is 0.426. The molecule has 0 saturated heterocycles. The lowest BCUT2D eigenvalue weighted by atomic mass is 10.3. The van der Waals surface area contributed by atoms with Crippen LogP contribution in [-0.4, -0.2) is 18.4 Å². The van der Waals surface area contributed by atoms with Crippen LogP contribution in [0, 0.1) is 5.92 Å². The van der Waals surface area contributed by atoms with E-state index in [1.807, 2.05) is 0 Å². The maximum atomic E-state index is 10.8. The molecule has 0 atom stereocenters. The van der Waals surface area contributed by atoms with Crippen LogP contribution in [0.3, 0.4) is 0 Å². The van der Waals surface area contributed by atoms with Gasteiger partial charge < -0.3 is 4.74 Å². The van der Waals surface area contributed by atoms with Crippen LogP contribution in [-0.2, 0) is 14.3 Å². The Kier molecular flexibility index (Phi) is 2.04. The molecule has 0 radical (unpaired) electrons. The number of hydrogen-bond acceptors (Lipinski definition) is 3. The van der Waals surface area contributed by atoms with Crippen LogP contribution in [0.5, 0.6) is 0 Å². The highest BCUT2D eigenvalue weighted by atomic mass is 16.5. The summed E-state index contributed by atoms with van der Waals surface area (Å²) in [7, 11) is 0. The van der Waals surface area contributed by atoms with E-state index in [4.69, 9.17) is 0 Å². The fourth-order valence-corrected chi connectivity index (χ4v) is 0.714. The summed E-state index contributed by atoms with van der Waals surface area (Å²) in [5, 5.41) is 0. The lowest BCUT2D eigenvalue weighted by Gasteiger charge is -1.96. The second-order valence-corrected chi connectivity index (χ2v) is 2.36. The first-order valence-corrected chi connectivity index (χ1v) is 3.46. The molecule has 0 heterocycles. The Morgan fingerprint density at radius 3 is 2.50 bits per heavy atom. The number of carbonyl (C=O) groups is 2. The lowest BCUT2D eigenvalue weighted by Crippen LogP contribution is -2.18. The predicted octanol–water partition coefficient (Wildman–Crippen LogP) is 0.529. The Morgan fingerprint density at radius 2 is 2.10 bits per heavy atom. The molecule has 1 rings (SSSR count). The van der Waals surface area contributed by atoms with Crippen LogP contribution >= 0.6 is 0 Å². The number of rotatable bonds is 3. The van der Waals surface area contributed by atoms with E-state index in [1.165, 1.54) is 0 Å². The number of Topliss-reactive ketones (excluding diaryl/α,β-unsaturated/α-hetero) is 1. The third-order valence-electron chi connectivity index (χ3n) is 1.42. The van der Waals surface area contributed by atoms with Gasteiger partial charge in [-0.25, -0.2) is 4.79 Å². The van der Waals surface area contributed by atoms with Crippen LogP contribution in [0.2, 0.25) is 0 Å². The van der Waals surface area contributed by atoms with Gasteiger partial charge in [0.2, 0.25) is 5.78 Å². The SMILES string of the molecule is CCOC(=O)C(=O)C1CC1. The third kappa shape index (κ3) is 1.56. The van der Waals surface area contributed by atoms with E-state index in [-0.39, 0.29) is 18.3 Å². The molecule has 3 heteroatoms. The van der Waals surface area contributed by atoms with Gasteiger partial charge >= 0.3 is 5.97 Å². The van der Waals surface area contributed by atoms with E-state index in [0.717, 1.165) is 12.8 Å². The Balaban J connectivity index is 2.32. The highest BCUT2D eigenvalue weighted by molar-refractivity contribution is 6.35. The minimum atomic E-state index is -0.662. The summed E-state index contributed by atoms with van der Waals surface area (Å²) in [6.07, 6.45) is 1.72. The Labute approximate surface area is 59.4 Å². The smallest absolute Gasteiger partial charge is 0.374 e. The van der Waals surface area contributed by atoms with Crippen molar-refractivity contribution in [2.24, 2.45) is 5.92 Å². The molecule has 0 aromatic heterocycles. The van der Waals surface area contributed by atoms with Gasteiger partial charge in [-0.3, -0.25) is 4.79 Å². The van der Waals surface area contributed by atoms with Crippen molar-refractivity contribution in [1.82, 2.24) is 0 Å². The maximum Gasteiger partial charge on any atom is 0.374 e. The van der Waals surface area contributed by atoms with E-state index in [2.05, 4.69) is 4.74 Å². The van der Waals surface area contributed by atoms with Gasteiger partial charge in [0, 0.05) is 5.92 Å². The summed E-state index contributed by atoms with van der Waals surface area (Å²) >= 11 is 0. The van der Waals surface area contributed by atoms with Crippen molar-refractivity contribution in [2.45, 2.75) is 19.8 Å². The van der Waals surface area contributed by atoms with E-state index in [1.54, 1.807) is 6.92 Å². The molecule has 3 nitrogen and oxygen atoms in total. The monoisotopic (exact) mass is 142 g/mol. The molecule has 0 spiro atoms. The zero-order valence-electron chi connectivity index (χ0n) is 5.92. The van der Waals surface area contributed by atoms with Crippen molar-refractivity contribution in [2.75, 3.05) is 6.61 Å². The molecule has 0 bridgehead atoms. The van der Waals surface area contributed by atoms with Crippen molar-refractivity contribution in [1.29, 1.82) is 0 Å². The van der Waals surface area contributed by atoms with E-state index >= 15 is 0 Å². The summed E-state index contributed by atoms with van der Waals surface area (Å²) in [5.74, 6) is -1.02. The van der Waals surface area contributed by atoms with Crippen molar-refractivity contribution in [3.63, 3.8) is 0 Å². The predicted molar refractivity (Wildman–Crippen MR) is 34.4 cm³/mol. The molecule has 0 aliphatic heterocycles. The third-order valence-corrected chi connectivity index (χ3v) is 1.42. The van der Waals surface area contributed by atoms with Crippen molar-refractivity contribution >= 4 is 11.8 Å². The first-order valence-electron chi connectivity index (χ1n) is 3.46. The molecule has 0 N–H and O–H groups in total. The van der Waals surface area contributed by atoms with Crippen LogP contribution in [0.25, 0.3) is 0 Å². The molecule has 0 amide bonds. The van der Waals surface area contributed by atoms with E-state index in [0.29, 0.717) is 0 Å². The van der Waals surface area contributed by atoms with Gasteiger partial charge in [-0.1, -0.05) is 0 Å². The molecule has 1 fully saturated rings. The normalized spacial score (nSPS) is 16.5. The van der Waals surface area contributed by atoms with Gasteiger partial charge in [0.05, 0.1) is 6.61 Å². The number of esters is 1. The lowest BCUT2D eigenvalue weighted by molar-refractivity contribution is -0.154. The van der Waals surface area contributed by atoms with Gasteiger partial charge in [0.15, 0.2) is 0 Å². The number of hydrogen-bond donors (Lipinski definition) is 0. The summed E-state index contributed by atoms with van der Waals surface area (Å²) in [5.41, 5.74) is 0. The topological polar surface area (TPSA) is 43.4 Å². The summed E-state index contributed by atoms with van der Waals surface area (Å²) < 4.78 is 4.52. The molecule has 1 aliphatic carbocycles. The van der Waals surface area contributed by atoms with Gasteiger partial charge in [0.1, 0.15) is 0 Å². The zero-order valence-corrected chi connectivity index (χ0v) is 5.92. The minimum Gasteiger partial charge on any atom is -0.460 e. The molecule has 0 aromatic rings. The number of carbonyl (C=O) groups excluding carboxylic acids is 2. The first-order chi connectivity index (χ1) is 4.75. The van der Waals surface area contributed by atoms with Gasteiger partial charge in [-0.05, 0) is 19.8 Å². The summed E-state index contributed by atoms with van der Waals surface area (Å²) in [4.78, 5) is 21.5. The van der Waals surface area contributed by atoms with Crippen molar-refractivity contribution in [3.05, 3.63) is 0 Å². The average Bonchev–Trinajstić information content (AvgIpc) is 2.68. The highest BCUT2D eigenvalue weighted by Crippen LogP contribution is 2.29. The molecule has 1 saturated carbocycles. The Morgan fingerprint density at radius 1 is 1.50 bits per heavy atom. The Bertz CT molecular complexity index is 158. The minimum absolute atomic E-state index is 0.0148.